The first-order chi connectivity index (χ1) is 10.7. The van der Waals surface area contributed by atoms with Crippen LogP contribution < -0.4 is 0 Å². The molecule has 0 N–H and O–H groups in total. The van der Waals surface area contributed by atoms with Gasteiger partial charge in [0.25, 0.3) is 0 Å². The molecule has 2 saturated heterocycles. The van der Waals surface area contributed by atoms with Crippen LogP contribution in [0.4, 0.5) is 0 Å². The molecule has 2 bridgehead atoms. The predicted molar refractivity (Wildman–Crippen MR) is 78.4 cm³/mol. The van der Waals surface area contributed by atoms with Gasteiger partial charge in [-0.05, 0) is 37.8 Å². The van der Waals surface area contributed by atoms with Gasteiger partial charge >= 0.3 is 0 Å². The van der Waals surface area contributed by atoms with Crippen LogP contribution in [0, 0.1) is 0 Å². The van der Waals surface area contributed by atoms with Gasteiger partial charge in [-0.2, -0.15) is 19.3 Å². The fraction of sp³-hybridized carbons (Fsp3) is 0.500. The predicted octanol–water partition coefficient (Wildman–Crippen LogP) is 1.23. The normalized spacial score (nSPS) is 28.8. The fourth-order valence-electron chi connectivity index (χ4n) is 3.72. The third-order valence-electron chi connectivity index (χ3n) is 4.61. The van der Waals surface area contributed by atoms with Crippen LogP contribution in [0.3, 0.4) is 0 Å². The van der Waals surface area contributed by atoms with Crippen LogP contribution in [-0.2, 0) is 10.0 Å². The van der Waals surface area contributed by atoms with Crippen molar-refractivity contribution in [3.8, 4) is 0 Å². The quantitative estimate of drug-likeness (QED) is 0.850. The van der Waals surface area contributed by atoms with E-state index in [9.17, 15) is 8.42 Å². The summed E-state index contributed by atoms with van der Waals surface area (Å²) in [6.07, 6.45) is 9.69. The molecule has 0 radical (unpaired) electrons. The zero-order valence-electron chi connectivity index (χ0n) is 12.0. The van der Waals surface area contributed by atoms with Crippen LogP contribution in [0.25, 0.3) is 0 Å². The van der Waals surface area contributed by atoms with E-state index in [2.05, 4.69) is 15.2 Å². The molecule has 2 aliphatic heterocycles. The molecule has 0 aromatic carbocycles. The highest BCUT2D eigenvalue weighted by Crippen LogP contribution is 2.43. The highest BCUT2D eigenvalue weighted by atomic mass is 32.2. The minimum Gasteiger partial charge on any atom is -0.263 e. The van der Waals surface area contributed by atoms with Gasteiger partial charge in [-0.3, -0.25) is 4.98 Å². The van der Waals surface area contributed by atoms with E-state index in [1.807, 2.05) is 0 Å². The van der Waals surface area contributed by atoms with E-state index < -0.39 is 10.0 Å². The van der Waals surface area contributed by atoms with Crippen molar-refractivity contribution in [3.63, 3.8) is 0 Å². The molecule has 2 unspecified atom stereocenters. The molecular weight excluding hydrogens is 302 g/mol. The van der Waals surface area contributed by atoms with Gasteiger partial charge in [0.15, 0.2) is 0 Å². The van der Waals surface area contributed by atoms with Crippen LogP contribution in [-0.4, -0.2) is 44.8 Å². The minimum absolute atomic E-state index is 0.0277. The summed E-state index contributed by atoms with van der Waals surface area (Å²) in [6.45, 7) is 0. The summed E-state index contributed by atoms with van der Waals surface area (Å²) in [5, 5.41) is 8.42. The second kappa shape index (κ2) is 5.13. The van der Waals surface area contributed by atoms with E-state index in [4.69, 9.17) is 0 Å². The number of nitrogens with zero attached hydrogens (tertiary/aromatic N) is 5. The molecular formula is C14H17N5O2S. The first kappa shape index (κ1) is 13.8. The number of sulfonamides is 1. The Morgan fingerprint density at radius 1 is 1.00 bits per heavy atom. The Hall–Kier alpha value is -1.80. The van der Waals surface area contributed by atoms with Crippen molar-refractivity contribution in [2.75, 3.05) is 0 Å². The lowest BCUT2D eigenvalue weighted by Gasteiger charge is -2.37. The van der Waals surface area contributed by atoms with Gasteiger partial charge in [0, 0.05) is 24.5 Å². The number of hydrogen-bond donors (Lipinski definition) is 0. The zero-order valence-corrected chi connectivity index (χ0v) is 12.8. The number of fused-ring (bicyclic) bond motifs is 2. The molecule has 22 heavy (non-hydrogen) atoms. The van der Waals surface area contributed by atoms with Crippen molar-refractivity contribution in [1.29, 1.82) is 0 Å². The maximum absolute atomic E-state index is 12.9. The van der Waals surface area contributed by atoms with E-state index >= 15 is 0 Å². The molecule has 2 aliphatic rings. The van der Waals surface area contributed by atoms with Crippen molar-refractivity contribution in [3.05, 3.63) is 36.9 Å². The molecule has 4 heterocycles. The molecule has 8 heteroatoms. The van der Waals surface area contributed by atoms with Crippen LogP contribution in [0.1, 0.15) is 31.7 Å². The summed E-state index contributed by atoms with van der Waals surface area (Å²) >= 11 is 0. The molecule has 7 nitrogen and oxygen atoms in total. The van der Waals surface area contributed by atoms with Gasteiger partial charge in [0.05, 0.1) is 18.4 Å². The maximum Gasteiger partial charge on any atom is 0.245 e. The molecule has 0 spiro atoms. The standard InChI is InChI=1S/C14H17N5O2S/c20-22(21,14-2-1-5-15-10-14)18-11-3-4-12(18)9-13(8-11)19-16-6-7-17-19/h1-2,5-7,10-13H,3-4,8-9H2. The monoisotopic (exact) mass is 319 g/mol. The Bertz CT molecular complexity index is 733. The van der Waals surface area contributed by atoms with E-state index in [-0.39, 0.29) is 23.0 Å². The second-order valence-electron chi connectivity index (χ2n) is 5.88. The fourth-order valence-corrected chi connectivity index (χ4v) is 5.58. The van der Waals surface area contributed by atoms with Gasteiger partial charge in [-0.15, -0.1) is 0 Å². The highest BCUT2D eigenvalue weighted by Gasteiger charge is 2.48. The molecule has 0 amide bonds. The average molecular weight is 319 g/mol. The van der Waals surface area contributed by atoms with E-state index in [0.29, 0.717) is 0 Å². The van der Waals surface area contributed by atoms with Gasteiger partial charge in [0.2, 0.25) is 10.0 Å². The Labute approximate surface area is 129 Å². The first-order valence-corrected chi connectivity index (χ1v) is 8.89. The van der Waals surface area contributed by atoms with Crippen LogP contribution in [0.15, 0.2) is 41.8 Å². The molecule has 116 valence electrons. The summed E-state index contributed by atoms with van der Waals surface area (Å²) in [4.78, 5) is 5.94. The van der Waals surface area contributed by atoms with Gasteiger partial charge < -0.3 is 0 Å². The summed E-state index contributed by atoms with van der Waals surface area (Å²) in [7, 11) is -3.47. The molecule has 4 rings (SSSR count). The summed E-state index contributed by atoms with van der Waals surface area (Å²) in [5.41, 5.74) is 0. The van der Waals surface area contributed by atoms with Crippen LogP contribution in [0.2, 0.25) is 0 Å². The van der Waals surface area contributed by atoms with Crippen molar-refractivity contribution < 1.29 is 8.42 Å². The number of piperidine rings is 1. The number of rotatable bonds is 3. The number of aromatic nitrogens is 4. The third-order valence-corrected chi connectivity index (χ3v) is 6.60. The van der Waals surface area contributed by atoms with Crippen molar-refractivity contribution in [2.45, 2.75) is 48.7 Å². The van der Waals surface area contributed by atoms with Crippen molar-refractivity contribution in [2.24, 2.45) is 0 Å². The SMILES string of the molecule is O=S(=O)(c1cccnc1)N1C2CCC1CC(n1nccn1)C2. The largest absolute Gasteiger partial charge is 0.263 e. The zero-order chi connectivity index (χ0) is 15.2. The van der Waals surface area contributed by atoms with Crippen molar-refractivity contribution in [1.82, 2.24) is 24.3 Å². The van der Waals surface area contributed by atoms with Crippen LogP contribution in [0.5, 0.6) is 0 Å². The Morgan fingerprint density at radius 2 is 1.68 bits per heavy atom. The first-order valence-electron chi connectivity index (χ1n) is 7.45. The van der Waals surface area contributed by atoms with E-state index in [1.165, 1.54) is 6.20 Å². The average Bonchev–Trinajstić information content (AvgIpc) is 3.15. The van der Waals surface area contributed by atoms with Gasteiger partial charge in [-0.25, -0.2) is 8.42 Å². The molecule has 2 fully saturated rings. The summed E-state index contributed by atoms with van der Waals surface area (Å²) in [6, 6.07) is 3.52. The number of pyridine rings is 1. The Morgan fingerprint density at radius 3 is 2.27 bits per heavy atom. The maximum atomic E-state index is 12.9. The number of hydrogen-bond acceptors (Lipinski definition) is 5. The van der Waals surface area contributed by atoms with E-state index in [0.717, 1.165) is 25.7 Å². The third kappa shape index (κ3) is 2.14. The van der Waals surface area contributed by atoms with Crippen molar-refractivity contribution >= 4 is 10.0 Å². The molecule has 0 saturated carbocycles. The lowest BCUT2D eigenvalue weighted by molar-refractivity contribution is 0.174. The summed E-state index contributed by atoms with van der Waals surface area (Å²) in [5.74, 6) is 0. The minimum atomic E-state index is -3.47. The smallest absolute Gasteiger partial charge is 0.245 e. The Kier molecular flexibility index (Phi) is 3.23. The molecule has 2 aromatic heterocycles. The lowest BCUT2D eigenvalue weighted by Crippen LogP contribution is -2.47. The van der Waals surface area contributed by atoms with Crippen LogP contribution >= 0.6 is 0 Å². The highest BCUT2D eigenvalue weighted by molar-refractivity contribution is 7.89. The molecule has 2 aromatic rings. The van der Waals surface area contributed by atoms with E-state index in [1.54, 1.807) is 39.8 Å². The van der Waals surface area contributed by atoms with Gasteiger partial charge in [-0.1, -0.05) is 0 Å². The van der Waals surface area contributed by atoms with Gasteiger partial charge in [0.1, 0.15) is 4.90 Å². The Balaban J connectivity index is 1.63. The summed E-state index contributed by atoms with van der Waals surface area (Å²) < 4.78 is 27.5. The topological polar surface area (TPSA) is 81.0 Å². The molecule has 0 aliphatic carbocycles. The lowest BCUT2D eigenvalue weighted by atomic mass is 10.0. The second-order valence-corrected chi connectivity index (χ2v) is 7.73. The molecule has 2 atom stereocenters.